The number of carbonyl (C=O) groups is 1. The molecule has 2 rings (SSSR count). The molecule has 0 atom stereocenters. The Labute approximate surface area is 126 Å². The van der Waals surface area contributed by atoms with Gasteiger partial charge in [-0.25, -0.2) is 0 Å². The van der Waals surface area contributed by atoms with E-state index in [9.17, 15) is 18.0 Å². The second-order valence-electron chi connectivity index (χ2n) is 3.98. The summed E-state index contributed by atoms with van der Waals surface area (Å²) in [6, 6.07) is 11.9. The fraction of sp³-hybridized carbons (Fsp3) is 0.0714. The van der Waals surface area contributed by atoms with Gasteiger partial charge in [-0.05, 0) is 40.2 Å². The maximum absolute atomic E-state index is 12.3. The summed E-state index contributed by atoms with van der Waals surface area (Å²) in [5, 5.41) is 2.40. The van der Waals surface area contributed by atoms with Gasteiger partial charge in [0, 0.05) is 4.47 Å². The van der Waals surface area contributed by atoms with E-state index < -0.39 is 18.0 Å². The highest BCUT2D eigenvalue weighted by Gasteiger charge is 2.32. The fourth-order valence-corrected chi connectivity index (χ4v) is 2.08. The van der Waals surface area contributed by atoms with Crippen molar-refractivity contribution in [1.82, 2.24) is 0 Å². The molecule has 1 amide bonds. The SMILES string of the molecule is O=C(Nc1ccccc1OC(F)(F)F)c1ccccc1Br. The quantitative estimate of drug-likeness (QED) is 0.869. The zero-order valence-corrected chi connectivity index (χ0v) is 12.0. The van der Waals surface area contributed by atoms with Gasteiger partial charge < -0.3 is 10.1 Å². The third kappa shape index (κ3) is 4.22. The number of anilines is 1. The Morgan fingerprint density at radius 3 is 2.33 bits per heavy atom. The molecule has 0 fully saturated rings. The Balaban J connectivity index is 2.24. The van der Waals surface area contributed by atoms with E-state index in [1.54, 1.807) is 24.3 Å². The number of nitrogens with one attached hydrogen (secondary N) is 1. The molecule has 0 spiro atoms. The van der Waals surface area contributed by atoms with Crippen molar-refractivity contribution < 1.29 is 22.7 Å². The molecule has 7 heteroatoms. The first-order valence-corrected chi connectivity index (χ1v) is 6.57. The second kappa shape index (κ2) is 6.17. The molecule has 0 bridgehead atoms. The Morgan fingerprint density at radius 2 is 1.67 bits per heavy atom. The molecule has 3 nitrogen and oxygen atoms in total. The number of alkyl halides is 3. The number of hydrogen-bond donors (Lipinski definition) is 1. The molecule has 0 unspecified atom stereocenters. The van der Waals surface area contributed by atoms with Crippen molar-refractivity contribution >= 4 is 27.5 Å². The zero-order chi connectivity index (χ0) is 15.5. The van der Waals surface area contributed by atoms with Crippen LogP contribution in [0.1, 0.15) is 10.4 Å². The molecule has 0 aromatic heterocycles. The molecule has 0 aliphatic heterocycles. The molecule has 110 valence electrons. The van der Waals surface area contributed by atoms with E-state index in [0.29, 0.717) is 10.0 Å². The first-order valence-electron chi connectivity index (χ1n) is 5.77. The molecular formula is C14H9BrF3NO2. The number of amides is 1. The lowest BCUT2D eigenvalue weighted by atomic mass is 10.2. The number of ether oxygens (including phenoxy) is 1. The summed E-state index contributed by atoms with van der Waals surface area (Å²) >= 11 is 3.21. The van der Waals surface area contributed by atoms with Gasteiger partial charge in [-0.3, -0.25) is 4.79 Å². The first-order chi connectivity index (χ1) is 9.87. The molecule has 1 N–H and O–H groups in total. The number of benzene rings is 2. The van der Waals surface area contributed by atoms with E-state index in [-0.39, 0.29) is 5.69 Å². The van der Waals surface area contributed by atoms with Crippen molar-refractivity contribution in [2.24, 2.45) is 0 Å². The first kappa shape index (κ1) is 15.4. The summed E-state index contributed by atoms with van der Waals surface area (Å²) in [5.74, 6) is -1.01. The van der Waals surface area contributed by atoms with Gasteiger partial charge in [-0.1, -0.05) is 24.3 Å². The van der Waals surface area contributed by atoms with E-state index >= 15 is 0 Å². The van der Waals surface area contributed by atoms with Crippen molar-refractivity contribution in [2.45, 2.75) is 6.36 Å². The molecule has 2 aromatic carbocycles. The number of hydrogen-bond acceptors (Lipinski definition) is 2. The lowest BCUT2D eigenvalue weighted by Gasteiger charge is -2.14. The Kier molecular flexibility index (Phi) is 4.52. The molecule has 0 saturated heterocycles. The highest BCUT2D eigenvalue weighted by molar-refractivity contribution is 9.10. The van der Waals surface area contributed by atoms with E-state index in [1.165, 1.54) is 18.2 Å². The average Bonchev–Trinajstić information content (AvgIpc) is 2.40. The van der Waals surface area contributed by atoms with Crippen LogP contribution in [0.5, 0.6) is 5.75 Å². The van der Waals surface area contributed by atoms with Gasteiger partial charge in [-0.15, -0.1) is 13.2 Å². The van der Waals surface area contributed by atoms with Crippen LogP contribution in [-0.2, 0) is 0 Å². The van der Waals surface area contributed by atoms with Gasteiger partial charge in [0.2, 0.25) is 0 Å². The minimum atomic E-state index is -4.83. The van der Waals surface area contributed by atoms with Crippen LogP contribution in [0.4, 0.5) is 18.9 Å². The van der Waals surface area contributed by atoms with Crippen molar-refractivity contribution in [3.63, 3.8) is 0 Å². The molecule has 0 radical (unpaired) electrons. The molecule has 0 aliphatic carbocycles. The van der Waals surface area contributed by atoms with Gasteiger partial charge in [-0.2, -0.15) is 0 Å². The van der Waals surface area contributed by atoms with Crippen LogP contribution >= 0.6 is 15.9 Å². The summed E-state index contributed by atoms with van der Waals surface area (Å²) in [6.07, 6.45) is -4.83. The number of halogens is 4. The third-order valence-corrected chi connectivity index (χ3v) is 3.17. The molecule has 2 aromatic rings. The summed E-state index contributed by atoms with van der Waals surface area (Å²) in [7, 11) is 0. The van der Waals surface area contributed by atoms with Crippen molar-refractivity contribution in [3.8, 4) is 5.75 Å². The normalized spacial score (nSPS) is 11.0. The smallest absolute Gasteiger partial charge is 0.404 e. The predicted molar refractivity (Wildman–Crippen MR) is 75.2 cm³/mol. The standard InChI is InChI=1S/C14H9BrF3NO2/c15-10-6-2-1-5-9(10)13(20)19-11-7-3-4-8-12(11)21-14(16,17)18/h1-8H,(H,19,20). The second-order valence-corrected chi connectivity index (χ2v) is 4.83. The van der Waals surface area contributed by atoms with Crippen molar-refractivity contribution in [3.05, 3.63) is 58.6 Å². The zero-order valence-electron chi connectivity index (χ0n) is 10.4. The minimum Gasteiger partial charge on any atom is -0.404 e. The predicted octanol–water partition coefficient (Wildman–Crippen LogP) is 4.60. The topological polar surface area (TPSA) is 38.3 Å². The highest BCUT2D eigenvalue weighted by Crippen LogP contribution is 2.30. The van der Waals surface area contributed by atoms with Crippen LogP contribution in [0.15, 0.2) is 53.0 Å². The maximum Gasteiger partial charge on any atom is 0.573 e. The van der Waals surface area contributed by atoms with Crippen LogP contribution in [0.2, 0.25) is 0 Å². The maximum atomic E-state index is 12.3. The van der Waals surface area contributed by atoms with Crippen LogP contribution in [0.25, 0.3) is 0 Å². The number of rotatable bonds is 3. The van der Waals surface area contributed by atoms with Crippen molar-refractivity contribution in [1.29, 1.82) is 0 Å². The van der Waals surface area contributed by atoms with Crippen LogP contribution < -0.4 is 10.1 Å². The molecule has 0 saturated carbocycles. The van der Waals surface area contributed by atoms with Gasteiger partial charge in [0.1, 0.15) is 0 Å². The molecule has 0 aliphatic rings. The summed E-state index contributed by atoms with van der Waals surface area (Å²) < 4.78 is 41.3. The Hall–Kier alpha value is -2.02. The van der Waals surface area contributed by atoms with E-state index in [0.717, 1.165) is 6.07 Å². The summed E-state index contributed by atoms with van der Waals surface area (Å²) in [5.41, 5.74) is 0.245. The van der Waals surface area contributed by atoms with Gasteiger partial charge in [0.05, 0.1) is 11.3 Å². The van der Waals surface area contributed by atoms with E-state index in [2.05, 4.69) is 26.0 Å². The average molecular weight is 360 g/mol. The largest absolute Gasteiger partial charge is 0.573 e. The Bertz CT molecular complexity index is 659. The van der Waals surface area contributed by atoms with Gasteiger partial charge in [0.25, 0.3) is 5.91 Å². The van der Waals surface area contributed by atoms with Gasteiger partial charge >= 0.3 is 6.36 Å². The van der Waals surface area contributed by atoms with Crippen LogP contribution in [0.3, 0.4) is 0 Å². The molecule has 0 heterocycles. The monoisotopic (exact) mass is 359 g/mol. The Morgan fingerprint density at radius 1 is 1.05 bits per heavy atom. The van der Waals surface area contributed by atoms with E-state index in [4.69, 9.17) is 0 Å². The van der Waals surface area contributed by atoms with E-state index in [1.807, 2.05) is 0 Å². The fourth-order valence-electron chi connectivity index (χ4n) is 1.62. The molecule has 21 heavy (non-hydrogen) atoms. The molecular weight excluding hydrogens is 351 g/mol. The van der Waals surface area contributed by atoms with Crippen LogP contribution in [-0.4, -0.2) is 12.3 Å². The lowest BCUT2D eigenvalue weighted by Crippen LogP contribution is -2.19. The minimum absolute atomic E-state index is 0.0596. The van der Waals surface area contributed by atoms with Crippen molar-refractivity contribution in [2.75, 3.05) is 5.32 Å². The van der Waals surface area contributed by atoms with Crippen LogP contribution in [0, 0.1) is 0 Å². The number of para-hydroxylation sites is 2. The van der Waals surface area contributed by atoms with Gasteiger partial charge in [0.15, 0.2) is 5.75 Å². The number of carbonyl (C=O) groups excluding carboxylic acids is 1. The summed E-state index contributed by atoms with van der Waals surface area (Å²) in [4.78, 5) is 12.1. The third-order valence-electron chi connectivity index (χ3n) is 2.48. The summed E-state index contributed by atoms with van der Waals surface area (Å²) in [6.45, 7) is 0. The highest BCUT2D eigenvalue weighted by atomic mass is 79.9. The lowest BCUT2D eigenvalue weighted by molar-refractivity contribution is -0.274.